The summed E-state index contributed by atoms with van der Waals surface area (Å²) in [4.78, 5) is 14.0. The van der Waals surface area contributed by atoms with Crippen molar-refractivity contribution < 1.29 is 9.90 Å². The fourth-order valence-electron chi connectivity index (χ4n) is 2.40. The molecule has 2 N–H and O–H groups in total. The molecule has 0 aromatic heterocycles. The van der Waals surface area contributed by atoms with Crippen LogP contribution in [0.25, 0.3) is 0 Å². The van der Waals surface area contributed by atoms with Gasteiger partial charge in [0.25, 0.3) is 0 Å². The van der Waals surface area contributed by atoms with Gasteiger partial charge in [-0.15, -0.1) is 0 Å². The molecule has 1 saturated heterocycles. The summed E-state index contributed by atoms with van der Waals surface area (Å²) in [5, 5.41) is 20.7. The van der Waals surface area contributed by atoms with E-state index in [-0.39, 0.29) is 12.5 Å². The zero-order valence-corrected chi connectivity index (χ0v) is 11.4. The maximum Gasteiger partial charge on any atom is 0.238 e. The average Bonchev–Trinajstić information content (AvgIpc) is 2.48. The largest absolute Gasteiger partial charge is 0.396 e. The summed E-state index contributed by atoms with van der Waals surface area (Å²) in [6.45, 7) is 2.28. The lowest BCUT2D eigenvalue weighted by Gasteiger charge is -2.30. The lowest BCUT2D eigenvalue weighted by Crippen LogP contribution is -2.39. The first-order valence-electron chi connectivity index (χ1n) is 6.84. The highest BCUT2D eigenvalue weighted by molar-refractivity contribution is 5.92. The molecule has 1 aliphatic rings. The molecule has 1 aromatic rings. The van der Waals surface area contributed by atoms with Crippen LogP contribution in [0.3, 0.4) is 0 Å². The van der Waals surface area contributed by atoms with E-state index in [0.29, 0.717) is 23.7 Å². The van der Waals surface area contributed by atoms with Gasteiger partial charge in [-0.05, 0) is 50.0 Å². The van der Waals surface area contributed by atoms with Crippen LogP contribution in [0.1, 0.15) is 18.4 Å². The molecule has 0 atom stereocenters. The smallest absolute Gasteiger partial charge is 0.238 e. The molecule has 0 saturated carbocycles. The Balaban J connectivity index is 1.82. The highest BCUT2D eigenvalue weighted by Crippen LogP contribution is 2.16. The molecule has 5 nitrogen and oxygen atoms in total. The topological polar surface area (TPSA) is 76.4 Å². The number of amides is 1. The second kappa shape index (κ2) is 7.04. The number of piperidine rings is 1. The highest BCUT2D eigenvalue weighted by atomic mass is 16.3. The molecule has 5 heteroatoms. The predicted octanol–water partition coefficient (Wildman–Crippen LogP) is 1.20. The number of likely N-dealkylation sites (tertiary alicyclic amines) is 1. The number of carbonyl (C=O) groups excluding carboxylic acids is 1. The van der Waals surface area contributed by atoms with Gasteiger partial charge in [0.2, 0.25) is 5.91 Å². The summed E-state index contributed by atoms with van der Waals surface area (Å²) >= 11 is 0. The summed E-state index contributed by atoms with van der Waals surface area (Å²) in [6, 6.07) is 8.94. The minimum Gasteiger partial charge on any atom is -0.396 e. The number of aliphatic hydroxyl groups is 1. The minimum absolute atomic E-state index is 0.0671. The van der Waals surface area contributed by atoms with Gasteiger partial charge in [0.1, 0.15) is 0 Å². The third-order valence-electron chi connectivity index (χ3n) is 3.61. The Kier molecular flexibility index (Phi) is 5.10. The maximum atomic E-state index is 11.9. The highest BCUT2D eigenvalue weighted by Gasteiger charge is 2.20. The fraction of sp³-hybridized carbons (Fsp3) is 0.467. The van der Waals surface area contributed by atoms with Crippen LogP contribution in [0.5, 0.6) is 0 Å². The number of carbonyl (C=O) groups is 1. The van der Waals surface area contributed by atoms with Crippen molar-refractivity contribution in [3.8, 4) is 6.07 Å². The van der Waals surface area contributed by atoms with Crippen LogP contribution < -0.4 is 5.32 Å². The van der Waals surface area contributed by atoms with Gasteiger partial charge in [0.15, 0.2) is 0 Å². The number of nitrogens with zero attached hydrogens (tertiary/aromatic N) is 2. The van der Waals surface area contributed by atoms with E-state index >= 15 is 0 Å². The van der Waals surface area contributed by atoms with Crippen molar-refractivity contribution in [2.75, 3.05) is 31.6 Å². The third kappa shape index (κ3) is 4.05. The molecular formula is C15H19N3O2. The Morgan fingerprint density at radius 2 is 2.20 bits per heavy atom. The predicted molar refractivity (Wildman–Crippen MR) is 76.0 cm³/mol. The first-order chi connectivity index (χ1) is 9.71. The Morgan fingerprint density at radius 1 is 1.45 bits per heavy atom. The van der Waals surface area contributed by atoms with E-state index in [0.717, 1.165) is 25.9 Å². The van der Waals surface area contributed by atoms with Crippen molar-refractivity contribution in [1.29, 1.82) is 5.26 Å². The summed E-state index contributed by atoms with van der Waals surface area (Å²) in [6.07, 6.45) is 1.88. The van der Waals surface area contributed by atoms with Crippen molar-refractivity contribution in [2.24, 2.45) is 5.92 Å². The average molecular weight is 273 g/mol. The summed E-state index contributed by atoms with van der Waals surface area (Å²) in [5.74, 6) is 0.309. The first-order valence-corrected chi connectivity index (χ1v) is 6.84. The number of hydrogen-bond acceptors (Lipinski definition) is 4. The number of benzene rings is 1. The van der Waals surface area contributed by atoms with Gasteiger partial charge in [-0.2, -0.15) is 5.26 Å². The molecule has 1 heterocycles. The second-order valence-corrected chi connectivity index (χ2v) is 5.14. The van der Waals surface area contributed by atoms with Crippen LogP contribution >= 0.6 is 0 Å². The van der Waals surface area contributed by atoms with Gasteiger partial charge in [0, 0.05) is 12.3 Å². The molecular weight excluding hydrogens is 254 g/mol. The normalized spacial score (nSPS) is 16.6. The van der Waals surface area contributed by atoms with Gasteiger partial charge in [-0.25, -0.2) is 0 Å². The summed E-state index contributed by atoms with van der Waals surface area (Å²) in [5.41, 5.74) is 1.19. The molecule has 1 aromatic carbocycles. The monoisotopic (exact) mass is 273 g/mol. The standard InChI is InChI=1S/C15H19N3O2/c16-9-13-2-1-3-14(8-13)17-15(20)10-18-6-4-12(11-19)5-7-18/h1-3,8,12,19H,4-7,10-11H2,(H,17,20). The lowest BCUT2D eigenvalue weighted by molar-refractivity contribution is -0.117. The van der Waals surface area contributed by atoms with E-state index in [9.17, 15) is 4.79 Å². The van der Waals surface area contributed by atoms with Crippen molar-refractivity contribution in [3.63, 3.8) is 0 Å². The molecule has 0 unspecified atom stereocenters. The Labute approximate surface area is 118 Å². The van der Waals surface area contributed by atoms with Gasteiger partial charge < -0.3 is 10.4 Å². The van der Waals surface area contributed by atoms with Crippen LogP contribution in [0.15, 0.2) is 24.3 Å². The fourth-order valence-corrected chi connectivity index (χ4v) is 2.40. The first kappa shape index (κ1) is 14.5. The lowest BCUT2D eigenvalue weighted by atomic mass is 9.98. The van der Waals surface area contributed by atoms with E-state index in [1.54, 1.807) is 24.3 Å². The molecule has 1 aliphatic heterocycles. The molecule has 1 amide bonds. The van der Waals surface area contributed by atoms with E-state index in [4.69, 9.17) is 10.4 Å². The van der Waals surface area contributed by atoms with Crippen LogP contribution in [0.4, 0.5) is 5.69 Å². The minimum atomic E-state index is -0.0671. The van der Waals surface area contributed by atoms with Crippen LogP contribution in [0, 0.1) is 17.2 Å². The zero-order valence-electron chi connectivity index (χ0n) is 11.4. The van der Waals surface area contributed by atoms with Gasteiger partial charge >= 0.3 is 0 Å². The van der Waals surface area contributed by atoms with Crippen molar-refractivity contribution in [3.05, 3.63) is 29.8 Å². The molecule has 1 fully saturated rings. The maximum absolute atomic E-state index is 11.9. The molecule has 0 aliphatic carbocycles. The van der Waals surface area contributed by atoms with Crippen molar-refractivity contribution in [1.82, 2.24) is 4.90 Å². The molecule has 2 rings (SSSR count). The molecule has 106 valence electrons. The number of aliphatic hydroxyl groups excluding tert-OH is 1. The quantitative estimate of drug-likeness (QED) is 0.864. The SMILES string of the molecule is N#Cc1cccc(NC(=O)CN2CCC(CO)CC2)c1. The second-order valence-electron chi connectivity index (χ2n) is 5.14. The van der Waals surface area contributed by atoms with Gasteiger partial charge in [-0.3, -0.25) is 9.69 Å². The number of hydrogen-bond donors (Lipinski definition) is 2. The van der Waals surface area contributed by atoms with Crippen molar-refractivity contribution >= 4 is 11.6 Å². The van der Waals surface area contributed by atoms with E-state index in [1.807, 2.05) is 6.07 Å². The Bertz CT molecular complexity index is 502. The van der Waals surface area contributed by atoms with E-state index in [2.05, 4.69) is 10.2 Å². The number of anilines is 1. The van der Waals surface area contributed by atoms with E-state index < -0.39 is 0 Å². The number of nitrogens with one attached hydrogen (secondary N) is 1. The van der Waals surface area contributed by atoms with Crippen LogP contribution in [0.2, 0.25) is 0 Å². The Hall–Kier alpha value is -1.90. The third-order valence-corrected chi connectivity index (χ3v) is 3.61. The zero-order chi connectivity index (χ0) is 14.4. The summed E-state index contributed by atoms with van der Waals surface area (Å²) < 4.78 is 0. The molecule has 20 heavy (non-hydrogen) atoms. The number of rotatable bonds is 4. The number of nitriles is 1. The van der Waals surface area contributed by atoms with Gasteiger partial charge in [0.05, 0.1) is 18.2 Å². The van der Waals surface area contributed by atoms with Crippen LogP contribution in [-0.2, 0) is 4.79 Å². The molecule has 0 bridgehead atoms. The van der Waals surface area contributed by atoms with Crippen molar-refractivity contribution in [2.45, 2.75) is 12.8 Å². The molecule has 0 radical (unpaired) electrons. The Morgan fingerprint density at radius 3 is 2.85 bits per heavy atom. The van der Waals surface area contributed by atoms with Gasteiger partial charge in [-0.1, -0.05) is 6.07 Å². The molecule has 0 spiro atoms. The summed E-state index contributed by atoms with van der Waals surface area (Å²) in [7, 11) is 0. The van der Waals surface area contributed by atoms with Crippen LogP contribution in [-0.4, -0.2) is 42.2 Å². The van der Waals surface area contributed by atoms with E-state index in [1.165, 1.54) is 0 Å².